The van der Waals surface area contributed by atoms with Gasteiger partial charge in [0.05, 0.1) is 19.3 Å². The molecule has 1 aliphatic heterocycles. The van der Waals surface area contributed by atoms with E-state index in [2.05, 4.69) is 11.9 Å². The fourth-order valence-electron chi connectivity index (χ4n) is 5.98. The lowest BCUT2D eigenvalue weighted by Crippen LogP contribution is -2.38. The molecular formula is C37H58N2O8S2. The Balaban J connectivity index is 1.26. The van der Waals surface area contributed by atoms with Crippen molar-refractivity contribution in [2.24, 2.45) is 5.92 Å². The van der Waals surface area contributed by atoms with Gasteiger partial charge in [-0.1, -0.05) is 108 Å². The molecule has 12 heteroatoms. The molecular weight excluding hydrogens is 665 g/mol. The molecule has 0 bridgehead atoms. The number of ether oxygens (including phenoxy) is 3. The number of unbranched alkanes of at least 4 members (excludes halogenated alkanes) is 13. The van der Waals surface area contributed by atoms with Crippen LogP contribution in [0.5, 0.6) is 5.19 Å². The Labute approximate surface area is 298 Å². The molecule has 0 aliphatic carbocycles. The highest BCUT2D eigenvalue weighted by Crippen LogP contribution is 2.24. The number of imide groups is 1. The minimum Gasteiger partial charge on any atom is -0.446 e. The minimum absolute atomic E-state index is 0.0259. The summed E-state index contributed by atoms with van der Waals surface area (Å²) in [5.41, 5.74) is 1.49. The number of thiazole rings is 1. The summed E-state index contributed by atoms with van der Waals surface area (Å²) in [6.07, 6.45) is 20.1. The van der Waals surface area contributed by atoms with Gasteiger partial charge in [0.2, 0.25) is 5.91 Å². The van der Waals surface area contributed by atoms with Crippen molar-refractivity contribution < 1.29 is 36.4 Å². The fraction of sp³-hybridized carbons (Fsp3) is 0.703. The van der Waals surface area contributed by atoms with Crippen LogP contribution in [0, 0.1) is 12.8 Å². The molecule has 2 aromatic rings. The van der Waals surface area contributed by atoms with Crippen molar-refractivity contribution in [1.82, 2.24) is 9.88 Å². The molecule has 1 saturated heterocycles. The maximum atomic E-state index is 12.9. The van der Waals surface area contributed by atoms with Crippen LogP contribution in [0.15, 0.2) is 34.7 Å². The van der Waals surface area contributed by atoms with Crippen LogP contribution in [-0.4, -0.2) is 69.4 Å². The Kier molecular flexibility index (Phi) is 19.2. The lowest BCUT2D eigenvalue weighted by molar-refractivity contribution is -0.127. The minimum atomic E-state index is -4.08. The van der Waals surface area contributed by atoms with E-state index in [1.165, 1.54) is 109 Å². The van der Waals surface area contributed by atoms with Gasteiger partial charge in [0.25, 0.3) is 5.19 Å². The van der Waals surface area contributed by atoms with Gasteiger partial charge in [-0.25, -0.2) is 14.7 Å². The van der Waals surface area contributed by atoms with Crippen LogP contribution in [0.3, 0.4) is 0 Å². The van der Waals surface area contributed by atoms with Gasteiger partial charge < -0.3 is 18.4 Å². The molecule has 2 atom stereocenters. The zero-order chi connectivity index (χ0) is 35.3. The number of hydrogen-bond donors (Lipinski definition) is 0. The number of hydrogen-bond acceptors (Lipinski definition) is 10. The zero-order valence-electron chi connectivity index (χ0n) is 29.9. The molecule has 1 aromatic heterocycles. The molecule has 1 fully saturated rings. The van der Waals surface area contributed by atoms with Crippen molar-refractivity contribution >= 4 is 33.5 Å². The maximum absolute atomic E-state index is 12.9. The second-order valence-corrected chi connectivity index (χ2v) is 15.6. The summed E-state index contributed by atoms with van der Waals surface area (Å²) in [4.78, 5) is 30.0. The molecule has 0 saturated carbocycles. The third kappa shape index (κ3) is 15.9. The zero-order valence-corrected chi connectivity index (χ0v) is 31.5. The number of amides is 2. The van der Waals surface area contributed by atoms with Gasteiger partial charge in [-0.05, 0) is 49.4 Å². The average molecular weight is 723 g/mol. The number of aryl methyl sites for hydroxylation is 1. The predicted molar refractivity (Wildman–Crippen MR) is 193 cm³/mol. The highest BCUT2D eigenvalue weighted by Gasteiger charge is 2.28. The monoisotopic (exact) mass is 722 g/mol. The van der Waals surface area contributed by atoms with Crippen LogP contribution in [0.2, 0.25) is 0 Å². The van der Waals surface area contributed by atoms with E-state index in [1.807, 2.05) is 6.92 Å². The normalized spacial score (nSPS) is 16.1. The lowest BCUT2D eigenvalue weighted by atomic mass is 10.0. The SMILES string of the molecule is CCCCCCCCCCCCCCCCOCC1COC(COC(=O)N(CCc2cc(S(=O)(=O)Oc3nccs3)ccc2C)C(C)=O)C1. The van der Waals surface area contributed by atoms with Crippen molar-refractivity contribution in [2.45, 2.75) is 135 Å². The van der Waals surface area contributed by atoms with E-state index in [0.29, 0.717) is 18.8 Å². The molecule has 1 aromatic carbocycles. The van der Waals surface area contributed by atoms with Gasteiger partial charge in [0, 0.05) is 37.6 Å². The van der Waals surface area contributed by atoms with Crippen LogP contribution in [0.25, 0.3) is 0 Å². The van der Waals surface area contributed by atoms with Gasteiger partial charge in [0.15, 0.2) is 0 Å². The average Bonchev–Trinajstić information content (AvgIpc) is 3.76. The summed E-state index contributed by atoms with van der Waals surface area (Å²) >= 11 is 1.07. The van der Waals surface area contributed by atoms with Gasteiger partial charge >= 0.3 is 16.2 Å². The Morgan fingerprint density at radius 3 is 2.22 bits per heavy atom. The topological polar surface area (TPSA) is 121 Å². The Morgan fingerprint density at radius 2 is 1.61 bits per heavy atom. The highest BCUT2D eigenvalue weighted by atomic mass is 32.2. The largest absolute Gasteiger partial charge is 0.446 e. The molecule has 276 valence electrons. The summed E-state index contributed by atoms with van der Waals surface area (Å²) in [6, 6.07) is 4.62. The number of carbonyl (C=O) groups excluding carboxylic acids is 2. The van der Waals surface area contributed by atoms with Crippen LogP contribution in [-0.2, 0) is 35.5 Å². The summed E-state index contributed by atoms with van der Waals surface area (Å²) in [5.74, 6) is -0.203. The van der Waals surface area contributed by atoms with E-state index >= 15 is 0 Å². The molecule has 0 N–H and O–H groups in total. The summed E-state index contributed by atoms with van der Waals surface area (Å²) in [5, 5.41) is 1.65. The van der Waals surface area contributed by atoms with E-state index in [4.69, 9.17) is 18.4 Å². The standard InChI is InChI=1S/C37H58N2O8S2/c1-4-5-6-7-8-9-10-11-12-13-14-15-16-17-23-44-27-32-25-34(45-28-32)29-46-37(41)39(31(3)40)22-20-33-26-35(19-18-30(33)2)49(42,43)47-36-38-21-24-48-36/h18-19,21,24,26,32,34H,4-17,20,22-23,25,27-29H2,1-3H3. The van der Waals surface area contributed by atoms with Crippen molar-refractivity contribution in [3.63, 3.8) is 0 Å². The van der Waals surface area contributed by atoms with Crippen molar-refractivity contribution in [2.75, 3.05) is 33.0 Å². The van der Waals surface area contributed by atoms with Crippen LogP contribution >= 0.6 is 11.3 Å². The van der Waals surface area contributed by atoms with E-state index < -0.39 is 22.1 Å². The quantitative estimate of drug-likeness (QED) is 0.0732. The van der Waals surface area contributed by atoms with Crippen molar-refractivity contribution in [1.29, 1.82) is 0 Å². The van der Waals surface area contributed by atoms with Gasteiger partial charge in [-0.15, -0.1) is 0 Å². The van der Waals surface area contributed by atoms with Crippen LogP contribution in [0.1, 0.15) is 121 Å². The summed E-state index contributed by atoms with van der Waals surface area (Å²) in [7, 11) is -4.08. The Hall–Kier alpha value is -2.54. The molecule has 2 heterocycles. The molecule has 2 amide bonds. The highest BCUT2D eigenvalue weighted by molar-refractivity contribution is 7.87. The summed E-state index contributed by atoms with van der Waals surface area (Å²) in [6.45, 7) is 7.44. The van der Waals surface area contributed by atoms with E-state index in [0.717, 1.165) is 41.2 Å². The molecule has 49 heavy (non-hydrogen) atoms. The van der Waals surface area contributed by atoms with Crippen LogP contribution in [0.4, 0.5) is 4.79 Å². The first kappa shape index (κ1) is 40.9. The molecule has 0 radical (unpaired) electrons. The molecule has 1 aliphatic rings. The third-order valence-corrected chi connectivity index (χ3v) is 10.9. The number of nitrogens with zero attached hydrogens (tertiary/aromatic N) is 2. The Morgan fingerprint density at radius 1 is 0.959 bits per heavy atom. The van der Waals surface area contributed by atoms with Gasteiger partial charge in [-0.3, -0.25) is 4.79 Å². The number of benzene rings is 1. The van der Waals surface area contributed by atoms with Gasteiger partial charge in [-0.2, -0.15) is 8.42 Å². The van der Waals surface area contributed by atoms with Crippen molar-refractivity contribution in [3.8, 4) is 5.19 Å². The first-order valence-corrected chi connectivity index (χ1v) is 20.6. The van der Waals surface area contributed by atoms with E-state index in [9.17, 15) is 18.0 Å². The van der Waals surface area contributed by atoms with E-state index in [1.54, 1.807) is 11.4 Å². The van der Waals surface area contributed by atoms with Gasteiger partial charge in [0.1, 0.15) is 11.5 Å². The van der Waals surface area contributed by atoms with Crippen molar-refractivity contribution in [3.05, 3.63) is 40.9 Å². The first-order valence-electron chi connectivity index (χ1n) is 18.3. The summed E-state index contributed by atoms with van der Waals surface area (Å²) < 4.78 is 47.8. The fourth-order valence-corrected chi connectivity index (χ4v) is 7.61. The van der Waals surface area contributed by atoms with E-state index in [-0.39, 0.29) is 41.7 Å². The molecule has 2 unspecified atom stereocenters. The molecule has 3 rings (SSSR count). The predicted octanol–water partition coefficient (Wildman–Crippen LogP) is 8.65. The molecule has 0 spiro atoms. The number of carbonyl (C=O) groups is 2. The Bertz CT molecular complexity index is 1340. The van der Waals surface area contributed by atoms with Crippen LogP contribution < -0.4 is 4.18 Å². The first-order chi connectivity index (χ1) is 23.7. The number of aromatic nitrogens is 1. The number of rotatable bonds is 25. The lowest BCUT2D eigenvalue weighted by Gasteiger charge is -2.20. The molecule has 10 nitrogen and oxygen atoms in total. The maximum Gasteiger partial charge on any atom is 0.416 e. The second-order valence-electron chi connectivity index (χ2n) is 13.1. The third-order valence-electron chi connectivity index (χ3n) is 8.96. The second kappa shape index (κ2) is 23.0. The smallest absolute Gasteiger partial charge is 0.416 e.